The van der Waals surface area contributed by atoms with Gasteiger partial charge < -0.3 is 14.4 Å². The van der Waals surface area contributed by atoms with E-state index in [-0.39, 0.29) is 17.4 Å². The molecule has 0 N–H and O–H groups in total. The molecule has 1 spiro atoms. The summed E-state index contributed by atoms with van der Waals surface area (Å²) in [6, 6.07) is -0.0232. The minimum atomic E-state index is -0.0232. The zero-order chi connectivity index (χ0) is 14.6. The minimum Gasteiger partial charge on any atom is -0.381 e. The van der Waals surface area contributed by atoms with Crippen molar-refractivity contribution in [2.75, 3.05) is 53.6 Å². The predicted octanol–water partition coefficient (Wildman–Crippen LogP) is 0.982. The van der Waals surface area contributed by atoms with Crippen LogP contribution < -0.4 is 0 Å². The average molecular weight is 284 g/mol. The Labute approximate surface area is 122 Å². The van der Waals surface area contributed by atoms with Gasteiger partial charge in [0.1, 0.15) is 0 Å². The molecule has 20 heavy (non-hydrogen) atoms. The van der Waals surface area contributed by atoms with Crippen LogP contribution in [0.3, 0.4) is 0 Å². The van der Waals surface area contributed by atoms with Crippen LogP contribution >= 0.6 is 0 Å². The fourth-order valence-electron chi connectivity index (χ4n) is 3.26. The van der Waals surface area contributed by atoms with E-state index in [2.05, 4.69) is 6.92 Å². The highest BCUT2D eigenvalue weighted by Gasteiger charge is 2.39. The molecule has 2 saturated heterocycles. The van der Waals surface area contributed by atoms with E-state index in [9.17, 15) is 4.79 Å². The second kappa shape index (κ2) is 6.87. The second-order valence-corrected chi connectivity index (χ2v) is 6.31. The first kappa shape index (κ1) is 15.7. The van der Waals surface area contributed by atoms with E-state index < -0.39 is 0 Å². The molecule has 0 aliphatic carbocycles. The Balaban J connectivity index is 2.07. The third kappa shape index (κ3) is 3.51. The monoisotopic (exact) mass is 284 g/mol. The first-order valence-corrected chi connectivity index (χ1v) is 7.69. The van der Waals surface area contributed by atoms with Crippen LogP contribution in [0.1, 0.15) is 26.2 Å². The third-order valence-corrected chi connectivity index (χ3v) is 4.60. The maximum absolute atomic E-state index is 12.7. The number of nitrogens with zero attached hydrogens (tertiary/aromatic N) is 2. The zero-order valence-electron chi connectivity index (χ0n) is 13.1. The van der Waals surface area contributed by atoms with Gasteiger partial charge in [0.15, 0.2) is 0 Å². The molecule has 1 amide bonds. The summed E-state index contributed by atoms with van der Waals surface area (Å²) in [5.41, 5.74) is 0.106. The van der Waals surface area contributed by atoms with Crippen LogP contribution in [0.15, 0.2) is 0 Å². The van der Waals surface area contributed by atoms with Gasteiger partial charge in [-0.2, -0.15) is 0 Å². The lowest BCUT2D eigenvalue weighted by atomic mass is 9.80. The van der Waals surface area contributed by atoms with Crippen LogP contribution in [0.5, 0.6) is 0 Å². The molecule has 116 valence electrons. The van der Waals surface area contributed by atoms with E-state index in [4.69, 9.17) is 9.47 Å². The van der Waals surface area contributed by atoms with Gasteiger partial charge in [-0.05, 0) is 33.4 Å². The molecule has 0 aromatic carbocycles. The fraction of sp³-hybridized carbons (Fsp3) is 0.933. The number of ether oxygens (including phenoxy) is 2. The molecule has 2 heterocycles. The molecular formula is C15H28N2O3. The molecule has 1 atom stereocenters. The zero-order valence-corrected chi connectivity index (χ0v) is 13.1. The number of hydrogen-bond donors (Lipinski definition) is 0. The van der Waals surface area contributed by atoms with Crippen molar-refractivity contribution in [3.8, 4) is 0 Å². The van der Waals surface area contributed by atoms with Gasteiger partial charge in [0, 0.05) is 31.7 Å². The highest BCUT2D eigenvalue weighted by atomic mass is 16.5. The van der Waals surface area contributed by atoms with Gasteiger partial charge in [0.25, 0.3) is 0 Å². The Hall–Kier alpha value is -0.650. The number of carbonyl (C=O) groups excluding carboxylic acids is 1. The van der Waals surface area contributed by atoms with Crippen molar-refractivity contribution in [1.82, 2.24) is 9.80 Å². The third-order valence-electron chi connectivity index (χ3n) is 4.60. The molecule has 2 rings (SSSR count). The summed E-state index contributed by atoms with van der Waals surface area (Å²) in [5.74, 6) is 0.244. The number of rotatable bonds is 3. The Bertz CT molecular complexity index is 327. The van der Waals surface area contributed by atoms with Crippen LogP contribution in [-0.2, 0) is 14.3 Å². The highest BCUT2D eigenvalue weighted by molar-refractivity contribution is 5.81. The standard InChI is InChI=1S/C15H28N2O3/c1-4-13(16(2)3)14(18)17-7-10-20-12-15(11-17)5-8-19-9-6-15/h13H,4-12H2,1-3H3. The topological polar surface area (TPSA) is 42.0 Å². The molecule has 1 unspecified atom stereocenters. The van der Waals surface area contributed by atoms with Gasteiger partial charge >= 0.3 is 0 Å². The van der Waals surface area contributed by atoms with Crippen LogP contribution in [-0.4, -0.2) is 75.4 Å². The molecule has 2 fully saturated rings. The van der Waals surface area contributed by atoms with E-state index in [1.807, 2.05) is 23.9 Å². The summed E-state index contributed by atoms with van der Waals surface area (Å²) < 4.78 is 11.3. The first-order chi connectivity index (χ1) is 9.58. The van der Waals surface area contributed by atoms with Crippen molar-refractivity contribution in [2.24, 2.45) is 5.41 Å². The Morgan fingerprint density at radius 1 is 1.25 bits per heavy atom. The summed E-state index contributed by atoms with van der Waals surface area (Å²) in [4.78, 5) is 16.8. The Morgan fingerprint density at radius 3 is 2.55 bits per heavy atom. The molecular weight excluding hydrogens is 256 g/mol. The van der Waals surface area contributed by atoms with Gasteiger partial charge in [0.05, 0.1) is 19.3 Å². The van der Waals surface area contributed by atoms with Crippen LogP contribution in [0.25, 0.3) is 0 Å². The van der Waals surface area contributed by atoms with Gasteiger partial charge in [-0.25, -0.2) is 0 Å². The molecule has 5 nitrogen and oxygen atoms in total. The normalized spacial score (nSPS) is 24.7. The predicted molar refractivity (Wildman–Crippen MR) is 77.7 cm³/mol. The lowest BCUT2D eigenvalue weighted by molar-refractivity contribution is -0.138. The summed E-state index contributed by atoms with van der Waals surface area (Å²) in [7, 11) is 3.95. The molecule has 2 aliphatic heterocycles. The summed E-state index contributed by atoms with van der Waals surface area (Å²) in [6.07, 6.45) is 2.84. The van der Waals surface area contributed by atoms with Gasteiger partial charge in [0.2, 0.25) is 5.91 Å². The van der Waals surface area contributed by atoms with E-state index in [0.29, 0.717) is 13.2 Å². The lowest BCUT2D eigenvalue weighted by Crippen LogP contribution is -2.50. The maximum atomic E-state index is 12.7. The SMILES string of the molecule is CCC(C(=O)N1CCOCC2(CCOCC2)C1)N(C)C. The number of amides is 1. The lowest BCUT2D eigenvalue weighted by Gasteiger charge is -2.39. The molecule has 0 radical (unpaired) electrons. The van der Waals surface area contributed by atoms with Gasteiger partial charge in [-0.3, -0.25) is 9.69 Å². The van der Waals surface area contributed by atoms with Crippen molar-refractivity contribution >= 4 is 5.91 Å². The first-order valence-electron chi connectivity index (χ1n) is 7.69. The maximum Gasteiger partial charge on any atom is 0.239 e. The number of carbonyl (C=O) groups is 1. The van der Waals surface area contributed by atoms with Gasteiger partial charge in [-0.1, -0.05) is 6.92 Å². The fourth-order valence-corrected chi connectivity index (χ4v) is 3.26. The number of hydrogen-bond acceptors (Lipinski definition) is 4. The summed E-state index contributed by atoms with van der Waals surface area (Å²) in [6.45, 7) is 6.59. The van der Waals surface area contributed by atoms with Crippen molar-refractivity contribution in [2.45, 2.75) is 32.2 Å². The van der Waals surface area contributed by atoms with Crippen molar-refractivity contribution < 1.29 is 14.3 Å². The van der Waals surface area contributed by atoms with Crippen molar-refractivity contribution in [1.29, 1.82) is 0 Å². The number of likely N-dealkylation sites (N-methyl/N-ethyl adjacent to an activating group) is 1. The van der Waals surface area contributed by atoms with Gasteiger partial charge in [-0.15, -0.1) is 0 Å². The average Bonchev–Trinajstić information content (AvgIpc) is 2.63. The molecule has 0 saturated carbocycles. The Kier molecular flexibility index (Phi) is 5.41. The van der Waals surface area contributed by atoms with E-state index in [0.717, 1.165) is 45.6 Å². The van der Waals surface area contributed by atoms with Crippen molar-refractivity contribution in [3.05, 3.63) is 0 Å². The van der Waals surface area contributed by atoms with E-state index >= 15 is 0 Å². The van der Waals surface area contributed by atoms with Crippen LogP contribution in [0.4, 0.5) is 0 Å². The van der Waals surface area contributed by atoms with E-state index in [1.165, 1.54) is 0 Å². The summed E-state index contributed by atoms with van der Waals surface area (Å²) >= 11 is 0. The smallest absolute Gasteiger partial charge is 0.239 e. The largest absolute Gasteiger partial charge is 0.381 e. The quantitative estimate of drug-likeness (QED) is 0.775. The highest BCUT2D eigenvalue weighted by Crippen LogP contribution is 2.33. The van der Waals surface area contributed by atoms with Crippen molar-refractivity contribution in [3.63, 3.8) is 0 Å². The van der Waals surface area contributed by atoms with Crippen LogP contribution in [0, 0.1) is 5.41 Å². The van der Waals surface area contributed by atoms with E-state index in [1.54, 1.807) is 0 Å². The molecule has 2 aliphatic rings. The second-order valence-electron chi connectivity index (χ2n) is 6.31. The molecule has 0 bridgehead atoms. The summed E-state index contributed by atoms with van der Waals surface area (Å²) in [5, 5.41) is 0. The molecule has 0 aromatic rings. The van der Waals surface area contributed by atoms with Crippen LogP contribution in [0.2, 0.25) is 0 Å². The minimum absolute atomic E-state index is 0.0232. The molecule has 0 aromatic heterocycles. The Morgan fingerprint density at radius 2 is 1.95 bits per heavy atom. The molecule has 5 heteroatoms.